The number of hydrogen-bond donors (Lipinski definition) is 2. The number of halogens is 1. The van der Waals surface area contributed by atoms with Crippen LogP contribution in [0.5, 0.6) is 0 Å². The molecule has 0 unspecified atom stereocenters. The molecule has 4 aromatic rings. The number of anilines is 1. The number of pyridine rings is 3. The Morgan fingerprint density at radius 3 is 2.82 bits per heavy atom. The van der Waals surface area contributed by atoms with Crippen molar-refractivity contribution in [1.82, 2.24) is 24.9 Å². The van der Waals surface area contributed by atoms with E-state index in [-0.39, 0.29) is 11.6 Å². The number of aromatic amines is 1. The summed E-state index contributed by atoms with van der Waals surface area (Å²) in [6.45, 7) is 3.86. The van der Waals surface area contributed by atoms with E-state index >= 15 is 0 Å². The number of aryl methyl sites for hydroxylation is 1. The fourth-order valence-electron chi connectivity index (χ4n) is 3.01. The first-order chi connectivity index (χ1) is 13.5. The molecule has 4 rings (SSSR count). The molecule has 0 saturated heterocycles. The number of H-pyrrole nitrogens is 1. The summed E-state index contributed by atoms with van der Waals surface area (Å²) in [5.41, 5.74) is 3.62. The van der Waals surface area contributed by atoms with Gasteiger partial charge in [-0.1, -0.05) is 11.6 Å². The predicted octanol–water partition coefficient (Wildman–Crippen LogP) is 3.91. The summed E-state index contributed by atoms with van der Waals surface area (Å²) in [5.74, 6) is 0.435. The van der Waals surface area contributed by atoms with Gasteiger partial charge in [0, 0.05) is 41.3 Å². The van der Waals surface area contributed by atoms with Crippen molar-refractivity contribution in [3.8, 4) is 11.3 Å². The Hall–Kier alpha value is -3.32. The molecule has 4 aromatic heterocycles. The third-order valence-electron chi connectivity index (χ3n) is 4.45. The van der Waals surface area contributed by atoms with Crippen LogP contribution in [0.2, 0.25) is 5.02 Å². The average molecular weight is 393 g/mol. The van der Waals surface area contributed by atoms with Crippen LogP contribution in [0.4, 0.5) is 5.95 Å². The number of nitrogens with zero attached hydrogens (tertiary/aromatic N) is 4. The van der Waals surface area contributed by atoms with Crippen LogP contribution in [0.1, 0.15) is 24.1 Å². The Kier molecular flexibility index (Phi) is 4.75. The van der Waals surface area contributed by atoms with Crippen LogP contribution in [0, 0.1) is 6.92 Å². The lowest BCUT2D eigenvalue weighted by Crippen LogP contribution is -2.20. The standard InChI is InChI=1S/C20H17ClN6O/c1-11-9-22-5-3-15(11)17-4-6-23-20(26-17)25-12(2)16-8-13-7-14(21)10-24-18(13)27-19(16)28/h3-10,12H,1-2H3,(H,23,25,26)(H,24,27,28)/t12-/m0/s1. The third-order valence-corrected chi connectivity index (χ3v) is 4.66. The van der Waals surface area contributed by atoms with E-state index in [2.05, 4.69) is 30.2 Å². The highest BCUT2D eigenvalue weighted by atomic mass is 35.5. The van der Waals surface area contributed by atoms with Gasteiger partial charge in [0.2, 0.25) is 5.95 Å². The number of nitrogens with one attached hydrogen (secondary N) is 2. The van der Waals surface area contributed by atoms with Gasteiger partial charge in [-0.2, -0.15) is 0 Å². The van der Waals surface area contributed by atoms with Crippen molar-refractivity contribution in [3.05, 3.63) is 75.6 Å². The van der Waals surface area contributed by atoms with Gasteiger partial charge in [-0.05, 0) is 43.7 Å². The third kappa shape index (κ3) is 3.57. The number of fused-ring (bicyclic) bond motifs is 1. The van der Waals surface area contributed by atoms with E-state index < -0.39 is 0 Å². The molecule has 0 spiro atoms. The van der Waals surface area contributed by atoms with E-state index in [1.807, 2.05) is 26.0 Å². The highest BCUT2D eigenvalue weighted by molar-refractivity contribution is 6.31. The van der Waals surface area contributed by atoms with Crippen molar-refractivity contribution in [2.45, 2.75) is 19.9 Å². The number of aromatic nitrogens is 5. The zero-order valence-electron chi connectivity index (χ0n) is 15.3. The first-order valence-electron chi connectivity index (χ1n) is 8.70. The van der Waals surface area contributed by atoms with Crippen molar-refractivity contribution < 1.29 is 0 Å². The molecular weight excluding hydrogens is 376 g/mol. The highest BCUT2D eigenvalue weighted by Crippen LogP contribution is 2.23. The maximum atomic E-state index is 12.5. The maximum absolute atomic E-state index is 12.5. The summed E-state index contributed by atoms with van der Waals surface area (Å²) in [4.78, 5) is 32.4. The molecule has 0 fully saturated rings. The van der Waals surface area contributed by atoms with Gasteiger partial charge in [-0.3, -0.25) is 9.78 Å². The molecule has 7 nitrogen and oxygen atoms in total. The van der Waals surface area contributed by atoms with Crippen molar-refractivity contribution in [3.63, 3.8) is 0 Å². The predicted molar refractivity (Wildman–Crippen MR) is 109 cm³/mol. The van der Waals surface area contributed by atoms with Gasteiger partial charge in [-0.25, -0.2) is 15.0 Å². The molecule has 0 bridgehead atoms. The molecule has 0 radical (unpaired) electrons. The van der Waals surface area contributed by atoms with E-state index in [0.717, 1.165) is 22.2 Å². The summed E-state index contributed by atoms with van der Waals surface area (Å²) in [6, 6.07) is 6.98. The summed E-state index contributed by atoms with van der Waals surface area (Å²) < 4.78 is 0. The monoisotopic (exact) mass is 392 g/mol. The summed E-state index contributed by atoms with van der Waals surface area (Å²) in [6.07, 6.45) is 6.71. The smallest absolute Gasteiger partial charge is 0.254 e. The fourth-order valence-corrected chi connectivity index (χ4v) is 3.18. The van der Waals surface area contributed by atoms with Crippen LogP contribution in [0.15, 0.2) is 53.8 Å². The highest BCUT2D eigenvalue weighted by Gasteiger charge is 2.14. The molecular formula is C20H17ClN6O. The number of rotatable bonds is 4. The van der Waals surface area contributed by atoms with Crippen LogP contribution in [-0.2, 0) is 0 Å². The SMILES string of the molecule is Cc1cnccc1-c1ccnc(N[C@@H](C)c2cc3cc(Cl)cnc3[nH]c2=O)n1. The lowest BCUT2D eigenvalue weighted by molar-refractivity contribution is 0.844. The van der Waals surface area contributed by atoms with Gasteiger partial charge in [0.05, 0.1) is 16.8 Å². The second-order valence-corrected chi connectivity index (χ2v) is 6.90. The normalized spacial score (nSPS) is 12.1. The molecule has 140 valence electrons. The zero-order chi connectivity index (χ0) is 19.7. The summed E-state index contributed by atoms with van der Waals surface area (Å²) in [5, 5.41) is 4.47. The molecule has 2 N–H and O–H groups in total. The Morgan fingerprint density at radius 1 is 1.14 bits per heavy atom. The second kappa shape index (κ2) is 7.36. The molecule has 4 heterocycles. The van der Waals surface area contributed by atoms with Crippen molar-refractivity contribution in [2.75, 3.05) is 5.32 Å². The fraction of sp³-hybridized carbons (Fsp3) is 0.150. The lowest BCUT2D eigenvalue weighted by atomic mass is 10.1. The quantitative estimate of drug-likeness (QED) is 0.546. The molecule has 0 saturated carbocycles. The van der Waals surface area contributed by atoms with Gasteiger partial charge in [0.15, 0.2) is 0 Å². The Bertz CT molecular complexity index is 1220. The van der Waals surface area contributed by atoms with E-state index in [4.69, 9.17) is 11.6 Å². The Labute approximate surface area is 165 Å². The average Bonchev–Trinajstić information content (AvgIpc) is 2.68. The largest absolute Gasteiger partial charge is 0.347 e. The Morgan fingerprint density at radius 2 is 2.00 bits per heavy atom. The van der Waals surface area contributed by atoms with Gasteiger partial charge >= 0.3 is 0 Å². The first kappa shape index (κ1) is 18.1. The lowest BCUT2D eigenvalue weighted by Gasteiger charge is -2.15. The van der Waals surface area contributed by atoms with E-state index in [9.17, 15) is 4.79 Å². The minimum Gasteiger partial charge on any atom is -0.347 e. The van der Waals surface area contributed by atoms with Crippen molar-refractivity contribution in [1.29, 1.82) is 0 Å². The molecule has 1 atom stereocenters. The second-order valence-electron chi connectivity index (χ2n) is 6.47. The van der Waals surface area contributed by atoms with Gasteiger partial charge < -0.3 is 10.3 Å². The molecule has 0 aliphatic carbocycles. The topological polar surface area (TPSA) is 96.5 Å². The molecule has 0 aromatic carbocycles. The van der Waals surface area contributed by atoms with Crippen molar-refractivity contribution in [2.24, 2.45) is 0 Å². The van der Waals surface area contributed by atoms with Crippen molar-refractivity contribution >= 4 is 28.6 Å². The van der Waals surface area contributed by atoms with Crippen LogP contribution < -0.4 is 10.9 Å². The first-order valence-corrected chi connectivity index (χ1v) is 9.08. The summed E-state index contributed by atoms with van der Waals surface area (Å²) >= 11 is 6.01. The number of hydrogen-bond acceptors (Lipinski definition) is 6. The van der Waals surface area contributed by atoms with Crippen LogP contribution in [0.3, 0.4) is 0 Å². The van der Waals surface area contributed by atoms with E-state index in [0.29, 0.717) is 22.2 Å². The van der Waals surface area contributed by atoms with E-state index in [1.54, 1.807) is 30.7 Å². The van der Waals surface area contributed by atoms with Crippen LogP contribution in [0.25, 0.3) is 22.3 Å². The molecule has 28 heavy (non-hydrogen) atoms. The molecule has 0 aliphatic heterocycles. The molecule has 0 amide bonds. The molecule has 0 aliphatic rings. The van der Waals surface area contributed by atoms with Crippen LogP contribution >= 0.6 is 11.6 Å². The van der Waals surface area contributed by atoms with Gasteiger partial charge in [0.25, 0.3) is 5.56 Å². The minimum absolute atomic E-state index is 0.219. The Balaban J connectivity index is 1.66. The van der Waals surface area contributed by atoms with Gasteiger partial charge in [0.1, 0.15) is 5.65 Å². The maximum Gasteiger partial charge on any atom is 0.254 e. The minimum atomic E-state index is -0.319. The zero-order valence-corrected chi connectivity index (χ0v) is 16.0. The van der Waals surface area contributed by atoms with Crippen LogP contribution in [-0.4, -0.2) is 24.9 Å². The summed E-state index contributed by atoms with van der Waals surface area (Å²) in [7, 11) is 0. The molecule has 8 heteroatoms. The van der Waals surface area contributed by atoms with E-state index in [1.165, 1.54) is 6.20 Å². The van der Waals surface area contributed by atoms with Gasteiger partial charge in [-0.15, -0.1) is 0 Å².